The minimum atomic E-state index is -0.756. The van der Waals surface area contributed by atoms with Crippen molar-refractivity contribution in [2.24, 2.45) is 0 Å². The van der Waals surface area contributed by atoms with E-state index in [-0.39, 0.29) is 6.61 Å². The molecule has 2 N–H and O–H groups in total. The van der Waals surface area contributed by atoms with Crippen LogP contribution in [0.25, 0.3) is 0 Å². The highest BCUT2D eigenvalue weighted by Gasteiger charge is 2.12. The molecule has 0 heterocycles. The molecule has 0 aliphatic rings. The number of aliphatic hydroxyl groups excluding tert-OH is 2. The summed E-state index contributed by atoms with van der Waals surface area (Å²) < 4.78 is 6.17. The van der Waals surface area contributed by atoms with Gasteiger partial charge >= 0.3 is 0 Å². The second kappa shape index (κ2) is 6.08. The molecule has 1 rings (SSSR count). The van der Waals surface area contributed by atoms with Crippen molar-refractivity contribution < 1.29 is 14.9 Å². The minimum Gasteiger partial charge on any atom is -0.495 e. The fourth-order valence-corrected chi connectivity index (χ4v) is 1.78. The number of methoxy groups -OCH3 is 1. The molecule has 0 aliphatic heterocycles. The maximum absolute atomic E-state index is 9.38. The topological polar surface area (TPSA) is 52.9 Å². The van der Waals surface area contributed by atoms with Gasteiger partial charge in [0.25, 0.3) is 0 Å². The van der Waals surface area contributed by atoms with E-state index < -0.39 is 6.10 Å². The Morgan fingerprint density at radius 3 is 2.75 bits per heavy atom. The van der Waals surface area contributed by atoms with Crippen molar-refractivity contribution in [2.75, 3.05) is 32.2 Å². The van der Waals surface area contributed by atoms with Crippen molar-refractivity contribution in [1.29, 1.82) is 0 Å². The molecular weight excluding hydrogens is 274 g/mol. The predicted molar refractivity (Wildman–Crippen MR) is 67.1 cm³/mol. The summed E-state index contributed by atoms with van der Waals surface area (Å²) in [6.07, 6.45) is -0.756. The summed E-state index contributed by atoms with van der Waals surface area (Å²) in [6.45, 7) is 0.101. The zero-order valence-electron chi connectivity index (χ0n) is 9.35. The Bertz CT molecular complexity index is 346. The van der Waals surface area contributed by atoms with Gasteiger partial charge in [-0.25, -0.2) is 0 Å². The number of ether oxygens (including phenoxy) is 1. The van der Waals surface area contributed by atoms with E-state index >= 15 is 0 Å². The van der Waals surface area contributed by atoms with Crippen LogP contribution in [0.4, 0.5) is 5.69 Å². The second-order valence-electron chi connectivity index (χ2n) is 3.53. The molecule has 0 amide bonds. The molecule has 0 saturated heterocycles. The third-order valence-electron chi connectivity index (χ3n) is 2.25. The number of likely N-dealkylation sites (N-methyl/N-ethyl adjacent to an activating group) is 1. The van der Waals surface area contributed by atoms with Crippen molar-refractivity contribution in [3.05, 3.63) is 22.7 Å². The number of halogens is 1. The Morgan fingerprint density at radius 2 is 2.19 bits per heavy atom. The fourth-order valence-electron chi connectivity index (χ4n) is 1.43. The summed E-state index contributed by atoms with van der Waals surface area (Å²) in [5.74, 6) is 0.732. The highest BCUT2D eigenvalue weighted by molar-refractivity contribution is 9.10. The van der Waals surface area contributed by atoms with Gasteiger partial charge in [-0.2, -0.15) is 0 Å². The predicted octanol–water partition coefficient (Wildman–Crippen LogP) is 1.25. The van der Waals surface area contributed by atoms with Crippen LogP contribution in [0.3, 0.4) is 0 Å². The lowest BCUT2D eigenvalue weighted by Gasteiger charge is -2.23. The second-order valence-corrected chi connectivity index (χ2v) is 4.45. The highest BCUT2D eigenvalue weighted by Crippen LogP contribution is 2.30. The van der Waals surface area contributed by atoms with Gasteiger partial charge in [0.05, 0.1) is 25.5 Å². The Morgan fingerprint density at radius 1 is 1.50 bits per heavy atom. The van der Waals surface area contributed by atoms with Crippen molar-refractivity contribution >= 4 is 21.6 Å². The Hall–Kier alpha value is -0.780. The number of aliphatic hydroxyl groups is 2. The average Bonchev–Trinajstić information content (AvgIpc) is 2.28. The van der Waals surface area contributed by atoms with Gasteiger partial charge in [0.2, 0.25) is 0 Å². The van der Waals surface area contributed by atoms with E-state index in [2.05, 4.69) is 15.9 Å². The van der Waals surface area contributed by atoms with Crippen molar-refractivity contribution in [2.45, 2.75) is 6.10 Å². The van der Waals surface area contributed by atoms with Crippen LogP contribution in [0, 0.1) is 0 Å². The molecule has 0 aliphatic carbocycles. The molecule has 0 spiro atoms. The Kier molecular flexibility index (Phi) is 5.05. The van der Waals surface area contributed by atoms with Gasteiger partial charge in [-0.05, 0) is 18.2 Å². The first-order valence-electron chi connectivity index (χ1n) is 4.92. The summed E-state index contributed by atoms with van der Waals surface area (Å²) in [4.78, 5) is 1.84. The van der Waals surface area contributed by atoms with E-state index in [9.17, 15) is 5.11 Å². The fraction of sp³-hybridized carbons (Fsp3) is 0.455. The normalized spacial score (nSPS) is 12.3. The van der Waals surface area contributed by atoms with Crippen molar-refractivity contribution in [1.82, 2.24) is 0 Å². The number of anilines is 1. The van der Waals surface area contributed by atoms with E-state index in [4.69, 9.17) is 9.84 Å². The van der Waals surface area contributed by atoms with Crippen LogP contribution in [-0.4, -0.2) is 43.6 Å². The van der Waals surface area contributed by atoms with Crippen molar-refractivity contribution in [3.63, 3.8) is 0 Å². The number of benzene rings is 1. The molecule has 1 unspecified atom stereocenters. The smallest absolute Gasteiger partial charge is 0.142 e. The SMILES string of the molecule is COc1ccc(Br)cc1N(C)CC(O)CO. The van der Waals surface area contributed by atoms with Crippen LogP contribution in [0.5, 0.6) is 5.75 Å². The maximum Gasteiger partial charge on any atom is 0.142 e. The number of hydrogen-bond donors (Lipinski definition) is 2. The molecule has 90 valence electrons. The average molecular weight is 290 g/mol. The van der Waals surface area contributed by atoms with E-state index in [1.54, 1.807) is 7.11 Å². The zero-order chi connectivity index (χ0) is 12.1. The molecule has 16 heavy (non-hydrogen) atoms. The lowest BCUT2D eigenvalue weighted by atomic mass is 10.2. The minimum absolute atomic E-state index is 0.249. The van der Waals surface area contributed by atoms with Crippen LogP contribution < -0.4 is 9.64 Å². The van der Waals surface area contributed by atoms with Gasteiger partial charge in [-0.3, -0.25) is 0 Å². The number of rotatable bonds is 5. The molecule has 1 aromatic carbocycles. The van der Waals surface area contributed by atoms with Crippen LogP contribution in [0.2, 0.25) is 0 Å². The van der Waals surface area contributed by atoms with E-state index in [1.165, 1.54) is 0 Å². The van der Waals surface area contributed by atoms with Crippen LogP contribution >= 0.6 is 15.9 Å². The first-order valence-corrected chi connectivity index (χ1v) is 5.71. The highest BCUT2D eigenvalue weighted by atomic mass is 79.9. The molecular formula is C11H16BrNO3. The van der Waals surface area contributed by atoms with E-state index in [0.29, 0.717) is 6.54 Å². The van der Waals surface area contributed by atoms with Crippen molar-refractivity contribution in [3.8, 4) is 5.75 Å². The Balaban J connectivity index is 2.88. The van der Waals surface area contributed by atoms with E-state index in [1.807, 2.05) is 30.1 Å². The first-order chi connectivity index (χ1) is 7.58. The van der Waals surface area contributed by atoms with Crippen LogP contribution in [-0.2, 0) is 0 Å². The van der Waals surface area contributed by atoms with Gasteiger partial charge in [0, 0.05) is 18.1 Å². The molecule has 1 atom stereocenters. The zero-order valence-corrected chi connectivity index (χ0v) is 10.9. The van der Waals surface area contributed by atoms with Gasteiger partial charge in [0.15, 0.2) is 0 Å². The van der Waals surface area contributed by atoms with Gasteiger partial charge in [-0.15, -0.1) is 0 Å². The molecule has 0 radical (unpaired) electrons. The third kappa shape index (κ3) is 3.37. The lowest BCUT2D eigenvalue weighted by molar-refractivity contribution is 0.101. The molecule has 5 heteroatoms. The number of hydrogen-bond acceptors (Lipinski definition) is 4. The largest absolute Gasteiger partial charge is 0.495 e. The van der Waals surface area contributed by atoms with Gasteiger partial charge in [-0.1, -0.05) is 15.9 Å². The number of nitrogens with zero attached hydrogens (tertiary/aromatic N) is 1. The monoisotopic (exact) mass is 289 g/mol. The summed E-state index contributed by atoms with van der Waals surface area (Å²) in [6, 6.07) is 5.64. The molecule has 0 fully saturated rings. The van der Waals surface area contributed by atoms with Crippen LogP contribution in [0.15, 0.2) is 22.7 Å². The van der Waals surface area contributed by atoms with Crippen LogP contribution in [0.1, 0.15) is 0 Å². The molecule has 4 nitrogen and oxygen atoms in total. The Labute approximate surface area is 104 Å². The standard InChI is InChI=1S/C11H16BrNO3/c1-13(6-9(15)7-14)10-5-8(12)3-4-11(10)16-2/h3-5,9,14-15H,6-7H2,1-2H3. The molecule has 0 aromatic heterocycles. The first kappa shape index (κ1) is 13.3. The molecule has 0 bridgehead atoms. The summed E-state index contributed by atoms with van der Waals surface area (Å²) >= 11 is 3.38. The van der Waals surface area contributed by atoms with Gasteiger partial charge < -0.3 is 19.8 Å². The summed E-state index contributed by atoms with van der Waals surface area (Å²) in [7, 11) is 3.44. The quantitative estimate of drug-likeness (QED) is 0.857. The van der Waals surface area contributed by atoms with E-state index in [0.717, 1.165) is 15.9 Å². The maximum atomic E-state index is 9.38. The van der Waals surface area contributed by atoms with Gasteiger partial charge in [0.1, 0.15) is 5.75 Å². The summed E-state index contributed by atoms with van der Waals surface area (Å²) in [5, 5.41) is 18.2. The molecule has 0 saturated carbocycles. The summed E-state index contributed by atoms with van der Waals surface area (Å²) in [5.41, 5.74) is 0.865. The molecule has 1 aromatic rings. The third-order valence-corrected chi connectivity index (χ3v) is 2.74. The lowest BCUT2D eigenvalue weighted by Crippen LogP contribution is -2.31.